The number of carbonyl (C=O) groups excluding carboxylic acids is 1. The Labute approximate surface area is 118 Å². The van der Waals surface area contributed by atoms with E-state index in [9.17, 15) is 4.79 Å². The van der Waals surface area contributed by atoms with E-state index in [0.717, 1.165) is 32.4 Å². The summed E-state index contributed by atoms with van der Waals surface area (Å²) in [6, 6.07) is 3.31. The van der Waals surface area contributed by atoms with Crippen LogP contribution in [0.3, 0.4) is 0 Å². The number of rotatable bonds is 4. The topological polar surface area (TPSA) is 42.4 Å². The monoisotopic (exact) mass is 282 g/mol. The van der Waals surface area contributed by atoms with Crippen molar-refractivity contribution >= 4 is 17.5 Å². The Balaban J connectivity index is 1.99. The van der Waals surface area contributed by atoms with Crippen LogP contribution in [0.25, 0.3) is 0 Å². The normalized spacial score (nSPS) is 19.5. The van der Waals surface area contributed by atoms with E-state index in [0.29, 0.717) is 17.3 Å². The summed E-state index contributed by atoms with van der Waals surface area (Å²) < 4.78 is 5.74. The van der Waals surface area contributed by atoms with Gasteiger partial charge in [-0.3, -0.25) is 4.79 Å². The number of carbonyl (C=O) groups is 1. The number of amides is 1. The Morgan fingerprint density at radius 1 is 1.63 bits per heavy atom. The first kappa shape index (κ1) is 14.3. The fourth-order valence-electron chi connectivity index (χ4n) is 2.26. The van der Waals surface area contributed by atoms with Crippen molar-refractivity contribution < 1.29 is 9.53 Å². The van der Waals surface area contributed by atoms with Crippen LogP contribution in [-0.2, 0) is 4.74 Å². The quantitative estimate of drug-likeness (QED) is 0.798. The molecule has 1 aliphatic heterocycles. The molecule has 1 amide bonds. The van der Waals surface area contributed by atoms with Crippen molar-refractivity contribution in [3.8, 4) is 0 Å². The first-order valence-corrected chi connectivity index (χ1v) is 7.11. The predicted octanol–water partition coefficient (Wildman–Crippen LogP) is 2.77. The number of halogens is 1. The van der Waals surface area contributed by atoms with Crippen molar-refractivity contribution in [1.82, 2.24) is 9.88 Å². The maximum absolute atomic E-state index is 12.4. The second-order valence-corrected chi connectivity index (χ2v) is 5.14. The van der Waals surface area contributed by atoms with Gasteiger partial charge in [0.1, 0.15) is 5.15 Å². The predicted molar refractivity (Wildman–Crippen MR) is 74.4 cm³/mol. The minimum atomic E-state index is 0.00842. The van der Waals surface area contributed by atoms with Gasteiger partial charge >= 0.3 is 0 Å². The molecule has 1 saturated heterocycles. The molecule has 2 rings (SSSR count). The number of hydrogen-bond acceptors (Lipinski definition) is 3. The van der Waals surface area contributed by atoms with Gasteiger partial charge in [0.15, 0.2) is 0 Å². The molecule has 4 nitrogen and oxygen atoms in total. The maximum Gasteiger partial charge on any atom is 0.254 e. The van der Waals surface area contributed by atoms with Crippen molar-refractivity contribution in [3.63, 3.8) is 0 Å². The lowest BCUT2D eigenvalue weighted by Crippen LogP contribution is -2.43. The Morgan fingerprint density at radius 3 is 3.21 bits per heavy atom. The van der Waals surface area contributed by atoms with Gasteiger partial charge in [0.25, 0.3) is 5.91 Å². The van der Waals surface area contributed by atoms with Crippen molar-refractivity contribution in [3.05, 3.63) is 29.0 Å². The van der Waals surface area contributed by atoms with E-state index in [4.69, 9.17) is 16.3 Å². The summed E-state index contributed by atoms with van der Waals surface area (Å²) in [7, 11) is 0. The zero-order chi connectivity index (χ0) is 13.7. The third-order valence-corrected chi connectivity index (χ3v) is 3.40. The molecule has 1 aromatic rings. The second-order valence-electron chi connectivity index (χ2n) is 4.75. The molecule has 0 N–H and O–H groups in total. The van der Waals surface area contributed by atoms with E-state index in [1.165, 1.54) is 0 Å². The Bertz CT molecular complexity index is 439. The summed E-state index contributed by atoms with van der Waals surface area (Å²) >= 11 is 5.82. The van der Waals surface area contributed by atoms with Crippen LogP contribution in [0, 0.1) is 0 Å². The zero-order valence-corrected chi connectivity index (χ0v) is 11.9. The molecule has 1 aromatic heterocycles. The van der Waals surface area contributed by atoms with Gasteiger partial charge in [-0.15, -0.1) is 0 Å². The molecule has 0 bridgehead atoms. The highest BCUT2D eigenvalue weighted by Crippen LogP contribution is 2.17. The molecule has 1 unspecified atom stereocenters. The Kier molecular flexibility index (Phi) is 5.16. The van der Waals surface area contributed by atoms with Gasteiger partial charge in [0.2, 0.25) is 0 Å². The van der Waals surface area contributed by atoms with Gasteiger partial charge in [0.05, 0.1) is 6.10 Å². The number of nitrogens with zero attached hydrogens (tertiary/aromatic N) is 2. The summed E-state index contributed by atoms with van der Waals surface area (Å²) in [4.78, 5) is 18.1. The average Bonchev–Trinajstić information content (AvgIpc) is 2.44. The van der Waals surface area contributed by atoms with Crippen molar-refractivity contribution in [2.75, 3.05) is 19.7 Å². The molecule has 104 valence electrons. The van der Waals surface area contributed by atoms with Crippen LogP contribution >= 0.6 is 11.6 Å². The van der Waals surface area contributed by atoms with Crippen molar-refractivity contribution in [2.24, 2.45) is 0 Å². The highest BCUT2D eigenvalue weighted by Gasteiger charge is 2.24. The van der Waals surface area contributed by atoms with Crippen LogP contribution in [0.15, 0.2) is 18.3 Å². The van der Waals surface area contributed by atoms with Crippen molar-refractivity contribution in [2.45, 2.75) is 32.3 Å². The number of piperidine rings is 1. The van der Waals surface area contributed by atoms with Gasteiger partial charge in [0, 0.05) is 31.5 Å². The number of likely N-dealkylation sites (tertiary alicyclic amines) is 1. The van der Waals surface area contributed by atoms with Crippen LogP contribution < -0.4 is 0 Å². The maximum atomic E-state index is 12.4. The third kappa shape index (κ3) is 3.91. The largest absolute Gasteiger partial charge is 0.376 e. The van der Waals surface area contributed by atoms with Gasteiger partial charge in [-0.05, 0) is 31.4 Å². The molecular weight excluding hydrogens is 264 g/mol. The summed E-state index contributed by atoms with van der Waals surface area (Å²) in [6.07, 6.45) is 4.74. The lowest BCUT2D eigenvalue weighted by Gasteiger charge is -2.32. The minimum Gasteiger partial charge on any atom is -0.376 e. The van der Waals surface area contributed by atoms with E-state index in [-0.39, 0.29) is 12.0 Å². The minimum absolute atomic E-state index is 0.00842. The van der Waals surface area contributed by atoms with Crippen LogP contribution in [0.5, 0.6) is 0 Å². The van der Waals surface area contributed by atoms with Gasteiger partial charge in [-0.1, -0.05) is 18.5 Å². The van der Waals surface area contributed by atoms with Gasteiger partial charge in [-0.25, -0.2) is 4.98 Å². The first-order chi connectivity index (χ1) is 9.20. The smallest absolute Gasteiger partial charge is 0.254 e. The molecule has 2 heterocycles. The zero-order valence-electron chi connectivity index (χ0n) is 11.1. The van der Waals surface area contributed by atoms with Crippen molar-refractivity contribution in [1.29, 1.82) is 0 Å². The van der Waals surface area contributed by atoms with E-state index < -0.39 is 0 Å². The lowest BCUT2D eigenvalue weighted by molar-refractivity contribution is 0.00211. The summed E-state index contributed by atoms with van der Waals surface area (Å²) in [5.74, 6) is 0.00842. The number of aromatic nitrogens is 1. The number of pyridine rings is 1. The van der Waals surface area contributed by atoms with Gasteiger partial charge in [-0.2, -0.15) is 0 Å². The fourth-order valence-corrected chi connectivity index (χ4v) is 2.44. The van der Waals surface area contributed by atoms with Crippen LogP contribution in [0.2, 0.25) is 5.15 Å². The lowest BCUT2D eigenvalue weighted by atomic mass is 10.1. The van der Waals surface area contributed by atoms with Crippen LogP contribution in [0.1, 0.15) is 36.5 Å². The molecule has 0 aromatic carbocycles. The van der Waals surface area contributed by atoms with E-state index >= 15 is 0 Å². The molecule has 1 fully saturated rings. The average molecular weight is 283 g/mol. The molecular formula is C14H19ClN2O2. The SMILES string of the molecule is CCCOC1CCCN(C(=O)c2ccnc(Cl)c2)C1. The molecule has 1 aliphatic rings. The van der Waals surface area contributed by atoms with Crippen LogP contribution in [-0.4, -0.2) is 41.6 Å². The van der Waals surface area contributed by atoms with E-state index in [1.807, 2.05) is 4.90 Å². The third-order valence-electron chi connectivity index (χ3n) is 3.20. The Morgan fingerprint density at radius 2 is 2.47 bits per heavy atom. The molecule has 0 spiro atoms. The Hall–Kier alpha value is -1.13. The summed E-state index contributed by atoms with van der Waals surface area (Å²) in [6.45, 7) is 4.29. The highest BCUT2D eigenvalue weighted by atomic mass is 35.5. The number of ether oxygens (including phenoxy) is 1. The molecule has 0 aliphatic carbocycles. The van der Waals surface area contributed by atoms with Crippen LogP contribution in [0.4, 0.5) is 0 Å². The summed E-state index contributed by atoms with van der Waals surface area (Å²) in [5, 5.41) is 0.349. The highest BCUT2D eigenvalue weighted by molar-refractivity contribution is 6.29. The number of hydrogen-bond donors (Lipinski definition) is 0. The van der Waals surface area contributed by atoms with E-state index in [2.05, 4.69) is 11.9 Å². The molecule has 0 radical (unpaired) electrons. The second kappa shape index (κ2) is 6.87. The van der Waals surface area contributed by atoms with Gasteiger partial charge < -0.3 is 9.64 Å². The standard InChI is InChI=1S/C14H19ClN2O2/c1-2-8-19-12-4-3-7-17(10-12)14(18)11-5-6-16-13(15)9-11/h5-6,9,12H,2-4,7-8,10H2,1H3. The molecule has 0 saturated carbocycles. The molecule has 1 atom stereocenters. The van der Waals surface area contributed by atoms with E-state index in [1.54, 1.807) is 18.3 Å². The fraction of sp³-hybridized carbons (Fsp3) is 0.571. The summed E-state index contributed by atoms with van der Waals surface area (Å²) in [5.41, 5.74) is 0.594. The molecule has 19 heavy (non-hydrogen) atoms. The molecule has 5 heteroatoms. The first-order valence-electron chi connectivity index (χ1n) is 6.73.